The van der Waals surface area contributed by atoms with Crippen LogP contribution in [0.3, 0.4) is 0 Å². The summed E-state index contributed by atoms with van der Waals surface area (Å²) in [6, 6.07) is 13.9. The fraction of sp³-hybridized carbons (Fsp3) is 0.0556. The third kappa shape index (κ3) is 3.40. The van der Waals surface area contributed by atoms with Gasteiger partial charge in [0.1, 0.15) is 12.1 Å². The lowest BCUT2D eigenvalue weighted by Crippen LogP contribution is -1.89. The van der Waals surface area contributed by atoms with Gasteiger partial charge in [0.05, 0.1) is 4.88 Å². The van der Waals surface area contributed by atoms with Crippen LogP contribution in [0.15, 0.2) is 55.0 Å². The maximum absolute atomic E-state index is 5.99. The number of thiophene rings is 1. The number of benzene rings is 1. The minimum absolute atomic E-state index is 0.506. The van der Waals surface area contributed by atoms with Gasteiger partial charge in [0.15, 0.2) is 5.82 Å². The second-order valence-electron chi connectivity index (χ2n) is 5.57. The Morgan fingerprint density at radius 1 is 1.08 bits per heavy atom. The van der Waals surface area contributed by atoms with Crippen LogP contribution in [-0.2, 0) is 6.42 Å². The van der Waals surface area contributed by atoms with Gasteiger partial charge in [-0.1, -0.05) is 23.7 Å². The Kier molecular flexibility index (Phi) is 4.21. The molecule has 0 radical (unpaired) electrons. The van der Waals surface area contributed by atoms with Crippen LogP contribution in [0, 0.1) is 0 Å². The number of H-pyrrole nitrogens is 1. The fourth-order valence-corrected chi connectivity index (χ4v) is 3.89. The number of rotatable bonds is 4. The standard InChI is InChI=1S/C18H14ClN5S/c19-14-3-1-11(2-4-14)7-13-8-15(12-5-6-21-16(20)9-12)25-17(13)18-22-10-23-24-18/h1-6,8-10H,7H2,(H2,20,21)(H,22,23,24). The molecule has 1 aromatic carbocycles. The van der Waals surface area contributed by atoms with Gasteiger partial charge in [0.25, 0.3) is 0 Å². The molecular formula is C18H14ClN5S. The van der Waals surface area contributed by atoms with Crippen LogP contribution in [0.25, 0.3) is 21.1 Å². The van der Waals surface area contributed by atoms with Crippen molar-refractivity contribution in [2.45, 2.75) is 6.42 Å². The Bertz CT molecular complexity index is 993. The van der Waals surface area contributed by atoms with E-state index in [2.05, 4.69) is 26.2 Å². The normalized spacial score (nSPS) is 10.9. The first-order valence-electron chi connectivity index (χ1n) is 7.64. The highest BCUT2D eigenvalue weighted by Crippen LogP contribution is 2.38. The largest absolute Gasteiger partial charge is 0.384 e. The smallest absolute Gasteiger partial charge is 0.165 e. The molecule has 0 saturated heterocycles. The Morgan fingerprint density at radius 3 is 2.64 bits per heavy atom. The number of pyridine rings is 1. The molecule has 25 heavy (non-hydrogen) atoms. The zero-order chi connectivity index (χ0) is 17.2. The summed E-state index contributed by atoms with van der Waals surface area (Å²) < 4.78 is 0. The Balaban J connectivity index is 1.77. The lowest BCUT2D eigenvalue weighted by molar-refractivity contribution is 1.09. The molecule has 7 heteroatoms. The van der Waals surface area contributed by atoms with E-state index in [-0.39, 0.29) is 0 Å². The predicted octanol–water partition coefficient (Wildman–Crippen LogP) is 4.42. The number of anilines is 1. The lowest BCUT2D eigenvalue weighted by Gasteiger charge is -2.02. The molecule has 3 aromatic heterocycles. The third-order valence-corrected chi connectivity index (χ3v) is 5.30. The Hall–Kier alpha value is -2.70. The van der Waals surface area contributed by atoms with Crippen LogP contribution < -0.4 is 5.73 Å². The van der Waals surface area contributed by atoms with E-state index in [9.17, 15) is 0 Å². The number of aromatic amines is 1. The summed E-state index contributed by atoms with van der Waals surface area (Å²) in [5, 5.41) is 7.67. The monoisotopic (exact) mass is 367 g/mol. The second-order valence-corrected chi connectivity index (χ2v) is 7.06. The van der Waals surface area contributed by atoms with Gasteiger partial charge >= 0.3 is 0 Å². The maximum Gasteiger partial charge on any atom is 0.165 e. The molecule has 4 rings (SSSR count). The van der Waals surface area contributed by atoms with Gasteiger partial charge in [-0.05, 0) is 53.4 Å². The predicted molar refractivity (Wildman–Crippen MR) is 102 cm³/mol. The maximum atomic E-state index is 5.99. The van der Waals surface area contributed by atoms with E-state index < -0.39 is 0 Å². The lowest BCUT2D eigenvalue weighted by atomic mass is 10.0. The molecule has 0 bridgehead atoms. The first-order valence-corrected chi connectivity index (χ1v) is 8.83. The van der Waals surface area contributed by atoms with Gasteiger partial charge in [-0.25, -0.2) is 9.97 Å². The zero-order valence-corrected chi connectivity index (χ0v) is 14.7. The fourth-order valence-electron chi connectivity index (χ4n) is 2.64. The molecule has 0 aliphatic rings. The summed E-state index contributed by atoms with van der Waals surface area (Å²) >= 11 is 7.65. The number of nitrogens with one attached hydrogen (secondary N) is 1. The van der Waals surface area contributed by atoms with Gasteiger partial charge in [0, 0.05) is 16.1 Å². The van der Waals surface area contributed by atoms with E-state index in [4.69, 9.17) is 17.3 Å². The van der Waals surface area contributed by atoms with E-state index in [0.717, 1.165) is 32.6 Å². The van der Waals surface area contributed by atoms with Crippen molar-refractivity contribution in [3.63, 3.8) is 0 Å². The third-order valence-electron chi connectivity index (χ3n) is 3.81. The number of aromatic nitrogens is 4. The van der Waals surface area contributed by atoms with Crippen molar-refractivity contribution in [3.05, 3.63) is 71.1 Å². The van der Waals surface area contributed by atoms with Crippen molar-refractivity contribution in [2.24, 2.45) is 0 Å². The number of hydrogen-bond donors (Lipinski definition) is 2. The van der Waals surface area contributed by atoms with Gasteiger partial charge in [-0.3, -0.25) is 5.10 Å². The number of nitrogen functional groups attached to an aromatic ring is 1. The topological polar surface area (TPSA) is 80.5 Å². The molecular weight excluding hydrogens is 354 g/mol. The van der Waals surface area contributed by atoms with Crippen molar-refractivity contribution >= 4 is 28.8 Å². The van der Waals surface area contributed by atoms with Crippen LogP contribution >= 0.6 is 22.9 Å². The molecule has 0 aliphatic carbocycles. The van der Waals surface area contributed by atoms with Crippen molar-refractivity contribution in [1.82, 2.24) is 20.2 Å². The molecule has 3 heterocycles. The highest BCUT2D eigenvalue weighted by molar-refractivity contribution is 7.19. The highest BCUT2D eigenvalue weighted by atomic mass is 35.5. The second kappa shape index (κ2) is 6.66. The Labute approximate surface area is 153 Å². The highest BCUT2D eigenvalue weighted by Gasteiger charge is 2.15. The Morgan fingerprint density at radius 2 is 1.92 bits per heavy atom. The van der Waals surface area contributed by atoms with Crippen molar-refractivity contribution in [1.29, 1.82) is 0 Å². The molecule has 5 nitrogen and oxygen atoms in total. The van der Waals surface area contributed by atoms with Crippen LogP contribution in [0.4, 0.5) is 5.82 Å². The summed E-state index contributed by atoms with van der Waals surface area (Å²) in [7, 11) is 0. The minimum atomic E-state index is 0.506. The molecule has 0 aliphatic heterocycles. The van der Waals surface area contributed by atoms with Gasteiger partial charge in [-0.2, -0.15) is 5.10 Å². The minimum Gasteiger partial charge on any atom is -0.384 e. The van der Waals surface area contributed by atoms with Gasteiger partial charge < -0.3 is 5.73 Å². The van der Waals surface area contributed by atoms with E-state index >= 15 is 0 Å². The summed E-state index contributed by atoms with van der Waals surface area (Å²) in [5.41, 5.74) is 9.23. The van der Waals surface area contributed by atoms with Crippen LogP contribution in [0.2, 0.25) is 5.02 Å². The van der Waals surface area contributed by atoms with Gasteiger partial charge in [-0.15, -0.1) is 11.3 Å². The average molecular weight is 368 g/mol. The number of hydrogen-bond acceptors (Lipinski definition) is 5. The molecule has 0 fully saturated rings. The number of nitrogens with two attached hydrogens (primary N) is 1. The molecule has 0 spiro atoms. The number of halogens is 1. The van der Waals surface area contributed by atoms with Crippen molar-refractivity contribution in [2.75, 3.05) is 5.73 Å². The molecule has 0 saturated carbocycles. The summed E-state index contributed by atoms with van der Waals surface area (Å²) in [6.45, 7) is 0. The molecule has 4 aromatic rings. The molecule has 0 amide bonds. The van der Waals surface area contributed by atoms with Crippen LogP contribution in [0.1, 0.15) is 11.1 Å². The first kappa shape index (κ1) is 15.8. The summed E-state index contributed by atoms with van der Waals surface area (Å²) in [6.07, 6.45) is 4.02. The number of nitrogens with zero attached hydrogens (tertiary/aromatic N) is 3. The van der Waals surface area contributed by atoms with Crippen molar-refractivity contribution < 1.29 is 0 Å². The van der Waals surface area contributed by atoms with Gasteiger partial charge in [0.2, 0.25) is 0 Å². The average Bonchev–Trinajstić information content (AvgIpc) is 3.26. The van der Waals surface area contributed by atoms with Crippen LogP contribution in [0.5, 0.6) is 0 Å². The zero-order valence-electron chi connectivity index (χ0n) is 13.1. The summed E-state index contributed by atoms with van der Waals surface area (Å²) in [5.74, 6) is 1.27. The van der Waals surface area contributed by atoms with E-state index in [1.165, 1.54) is 17.5 Å². The first-order chi connectivity index (χ1) is 12.2. The molecule has 0 unspecified atom stereocenters. The van der Waals surface area contributed by atoms with E-state index in [1.54, 1.807) is 17.5 Å². The molecule has 0 atom stereocenters. The van der Waals surface area contributed by atoms with Crippen LogP contribution in [-0.4, -0.2) is 20.2 Å². The van der Waals surface area contributed by atoms with E-state index in [1.807, 2.05) is 36.4 Å². The van der Waals surface area contributed by atoms with E-state index in [0.29, 0.717) is 5.82 Å². The van der Waals surface area contributed by atoms with Crippen molar-refractivity contribution in [3.8, 4) is 21.1 Å². The molecule has 124 valence electrons. The SMILES string of the molecule is Nc1cc(-c2cc(Cc3ccc(Cl)cc3)c(-c3ncn[nH]3)s2)ccn1. The summed E-state index contributed by atoms with van der Waals surface area (Å²) in [4.78, 5) is 10.6. The quantitative estimate of drug-likeness (QED) is 0.559. The molecule has 3 N–H and O–H groups in total.